The predicted molar refractivity (Wildman–Crippen MR) is 107 cm³/mol. The van der Waals surface area contributed by atoms with E-state index in [0.717, 1.165) is 59.3 Å². The highest BCUT2D eigenvalue weighted by Gasteiger charge is 2.13. The highest BCUT2D eigenvalue weighted by atomic mass is 79.9. The summed E-state index contributed by atoms with van der Waals surface area (Å²) < 4.78 is 7.04. The Labute approximate surface area is 163 Å². The van der Waals surface area contributed by atoms with Crippen LogP contribution in [0.5, 0.6) is 5.75 Å². The quantitative estimate of drug-likeness (QED) is 0.617. The van der Waals surface area contributed by atoms with Gasteiger partial charge in [0.1, 0.15) is 12.4 Å². The van der Waals surface area contributed by atoms with Gasteiger partial charge >= 0.3 is 0 Å². The molecule has 0 aliphatic carbocycles. The van der Waals surface area contributed by atoms with Crippen molar-refractivity contribution in [3.63, 3.8) is 0 Å². The Morgan fingerprint density at radius 3 is 2.88 bits per heavy atom. The second-order valence-electron chi connectivity index (χ2n) is 6.45. The van der Waals surface area contributed by atoms with Crippen LogP contribution < -0.4 is 15.4 Å². The molecule has 0 bridgehead atoms. The molecule has 2 N–H and O–H groups in total. The van der Waals surface area contributed by atoms with Gasteiger partial charge in [0.15, 0.2) is 0 Å². The third-order valence-electron chi connectivity index (χ3n) is 4.54. The Kier molecular flexibility index (Phi) is 7.17. The molecule has 1 fully saturated rings. The van der Waals surface area contributed by atoms with Gasteiger partial charge in [0.25, 0.3) is 0 Å². The second-order valence-corrected chi connectivity index (χ2v) is 7.74. The lowest BCUT2D eigenvalue weighted by Gasteiger charge is -2.14. The third-order valence-corrected chi connectivity index (χ3v) is 5.51. The van der Waals surface area contributed by atoms with Crippen molar-refractivity contribution in [3.05, 3.63) is 63.1 Å². The number of ether oxygens (including phenoxy) is 1. The first kappa shape index (κ1) is 18.7. The molecule has 1 unspecified atom stereocenters. The molecule has 1 atom stereocenters. The van der Waals surface area contributed by atoms with Crippen molar-refractivity contribution in [3.8, 4) is 5.75 Å². The summed E-state index contributed by atoms with van der Waals surface area (Å²) in [7, 11) is 0. The summed E-state index contributed by atoms with van der Waals surface area (Å²) in [5.74, 6) is 1.72. The van der Waals surface area contributed by atoms with Gasteiger partial charge in [-0.25, -0.2) is 0 Å². The Morgan fingerprint density at radius 2 is 2.08 bits per heavy atom. The average molecular weight is 424 g/mol. The zero-order chi connectivity index (χ0) is 17.5. The molecule has 5 heteroatoms. The highest BCUT2D eigenvalue weighted by Crippen LogP contribution is 2.25. The average Bonchev–Trinajstić information content (AvgIpc) is 3.12. The molecule has 2 aromatic carbocycles. The minimum absolute atomic E-state index is 0.524. The van der Waals surface area contributed by atoms with Crippen LogP contribution in [0, 0.1) is 5.92 Å². The van der Waals surface area contributed by atoms with E-state index in [0.29, 0.717) is 6.61 Å². The summed E-state index contributed by atoms with van der Waals surface area (Å²) in [6.45, 7) is 4.89. The van der Waals surface area contributed by atoms with Crippen molar-refractivity contribution in [2.75, 3.05) is 26.2 Å². The highest BCUT2D eigenvalue weighted by molar-refractivity contribution is 9.10. The Balaban J connectivity index is 1.51. The molecule has 25 heavy (non-hydrogen) atoms. The molecule has 3 nitrogen and oxygen atoms in total. The molecule has 1 aliphatic rings. The lowest BCUT2D eigenvalue weighted by Crippen LogP contribution is -2.26. The molecule has 0 spiro atoms. The first-order valence-electron chi connectivity index (χ1n) is 8.78. The molecular formula is C20H24BrClN2O. The van der Waals surface area contributed by atoms with E-state index in [4.69, 9.17) is 16.3 Å². The number of hydrogen-bond acceptors (Lipinski definition) is 3. The molecule has 1 saturated heterocycles. The standard InChI is InChI=1S/C20H24BrClN2O/c21-19-11-18(22)6-5-17(19)14-25-20-4-2-1-3-16(20)8-10-24-13-15-7-9-23-12-15/h1-6,11,15,23-24H,7-10,12-14H2. The van der Waals surface area contributed by atoms with E-state index in [1.165, 1.54) is 12.0 Å². The van der Waals surface area contributed by atoms with Crippen LogP contribution in [-0.4, -0.2) is 26.2 Å². The van der Waals surface area contributed by atoms with Gasteiger partial charge in [-0.3, -0.25) is 0 Å². The number of halogens is 2. The van der Waals surface area contributed by atoms with E-state index in [1.807, 2.05) is 30.3 Å². The number of rotatable bonds is 8. The number of para-hydroxylation sites is 1. The van der Waals surface area contributed by atoms with Crippen LogP contribution >= 0.6 is 27.5 Å². The fourth-order valence-corrected chi connectivity index (χ4v) is 3.86. The van der Waals surface area contributed by atoms with Crippen LogP contribution in [0.1, 0.15) is 17.5 Å². The summed E-state index contributed by atoms with van der Waals surface area (Å²) in [6, 6.07) is 14.1. The minimum Gasteiger partial charge on any atom is -0.489 e. The molecule has 1 aliphatic heterocycles. The smallest absolute Gasteiger partial charge is 0.123 e. The van der Waals surface area contributed by atoms with Gasteiger partial charge in [-0.05, 0) is 68.7 Å². The Hall–Kier alpha value is -1.07. The normalized spacial score (nSPS) is 17.0. The maximum absolute atomic E-state index is 6.06. The molecule has 134 valence electrons. The van der Waals surface area contributed by atoms with E-state index >= 15 is 0 Å². The van der Waals surface area contributed by atoms with Crippen LogP contribution in [0.25, 0.3) is 0 Å². The SMILES string of the molecule is Clc1ccc(COc2ccccc2CCNCC2CCNC2)c(Br)c1. The van der Waals surface area contributed by atoms with Crippen molar-refractivity contribution in [1.82, 2.24) is 10.6 Å². The van der Waals surface area contributed by atoms with Crippen LogP contribution in [0.2, 0.25) is 5.02 Å². The first-order valence-corrected chi connectivity index (χ1v) is 9.95. The number of nitrogens with one attached hydrogen (secondary N) is 2. The molecule has 3 rings (SSSR count). The lowest BCUT2D eigenvalue weighted by atomic mass is 10.1. The maximum atomic E-state index is 6.06. The van der Waals surface area contributed by atoms with Crippen molar-refractivity contribution < 1.29 is 4.74 Å². The van der Waals surface area contributed by atoms with Crippen LogP contribution in [0.4, 0.5) is 0 Å². The minimum atomic E-state index is 0.524. The summed E-state index contributed by atoms with van der Waals surface area (Å²) >= 11 is 9.54. The van der Waals surface area contributed by atoms with E-state index < -0.39 is 0 Å². The molecule has 0 aromatic heterocycles. The summed E-state index contributed by atoms with van der Waals surface area (Å²) in [6.07, 6.45) is 2.25. The summed E-state index contributed by atoms with van der Waals surface area (Å²) in [5, 5.41) is 7.70. The van der Waals surface area contributed by atoms with Crippen LogP contribution in [0.3, 0.4) is 0 Å². The van der Waals surface area contributed by atoms with Gasteiger partial charge in [-0.15, -0.1) is 0 Å². The maximum Gasteiger partial charge on any atom is 0.123 e. The van der Waals surface area contributed by atoms with Crippen LogP contribution in [0.15, 0.2) is 46.9 Å². The number of benzene rings is 2. The van der Waals surface area contributed by atoms with Crippen LogP contribution in [-0.2, 0) is 13.0 Å². The largest absolute Gasteiger partial charge is 0.489 e. The van der Waals surface area contributed by atoms with Gasteiger partial charge in [0.2, 0.25) is 0 Å². The summed E-state index contributed by atoms with van der Waals surface area (Å²) in [4.78, 5) is 0. The molecular weight excluding hydrogens is 400 g/mol. The Bertz CT molecular complexity index is 689. The van der Waals surface area contributed by atoms with Gasteiger partial charge in [0, 0.05) is 15.1 Å². The van der Waals surface area contributed by atoms with Gasteiger partial charge in [0.05, 0.1) is 0 Å². The number of hydrogen-bond donors (Lipinski definition) is 2. The predicted octanol–water partition coefficient (Wildman–Crippen LogP) is 4.42. The molecule has 0 saturated carbocycles. The van der Waals surface area contributed by atoms with E-state index in [9.17, 15) is 0 Å². The monoisotopic (exact) mass is 422 g/mol. The molecule has 0 radical (unpaired) electrons. The molecule has 1 heterocycles. The van der Waals surface area contributed by atoms with Gasteiger partial charge in [-0.2, -0.15) is 0 Å². The van der Waals surface area contributed by atoms with E-state index in [-0.39, 0.29) is 0 Å². The molecule has 0 amide bonds. The third kappa shape index (κ3) is 5.71. The fraction of sp³-hybridized carbons (Fsp3) is 0.400. The van der Waals surface area contributed by atoms with Crippen molar-refractivity contribution in [2.45, 2.75) is 19.4 Å². The second kappa shape index (κ2) is 9.58. The first-order chi connectivity index (χ1) is 12.2. The summed E-state index contributed by atoms with van der Waals surface area (Å²) in [5.41, 5.74) is 2.33. The zero-order valence-corrected chi connectivity index (χ0v) is 16.6. The Morgan fingerprint density at radius 1 is 1.20 bits per heavy atom. The zero-order valence-electron chi connectivity index (χ0n) is 14.2. The van der Waals surface area contributed by atoms with Crippen molar-refractivity contribution in [1.29, 1.82) is 0 Å². The fourth-order valence-electron chi connectivity index (χ4n) is 3.06. The van der Waals surface area contributed by atoms with Crippen molar-refractivity contribution in [2.24, 2.45) is 5.92 Å². The lowest BCUT2D eigenvalue weighted by molar-refractivity contribution is 0.302. The van der Waals surface area contributed by atoms with Gasteiger partial charge in [-0.1, -0.05) is 51.8 Å². The topological polar surface area (TPSA) is 33.3 Å². The van der Waals surface area contributed by atoms with E-state index in [2.05, 4.69) is 38.7 Å². The van der Waals surface area contributed by atoms with E-state index in [1.54, 1.807) is 0 Å². The van der Waals surface area contributed by atoms with Crippen molar-refractivity contribution >= 4 is 27.5 Å². The molecule has 2 aromatic rings. The van der Waals surface area contributed by atoms with Gasteiger partial charge < -0.3 is 15.4 Å².